The molecule has 11 atom stereocenters. The van der Waals surface area contributed by atoms with E-state index in [1.165, 1.54) is 32.1 Å². The summed E-state index contributed by atoms with van der Waals surface area (Å²) >= 11 is 0. The Hall–Kier alpha value is -0.250. The molecule has 5 saturated carbocycles. The lowest BCUT2D eigenvalue weighted by Gasteiger charge is -2.57. The Morgan fingerprint density at radius 2 is 1.65 bits per heavy atom. The van der Waals surface area contributed by atoms with Crippen molar-refractivity contribution in [3.05, 3.63) is 0 Å². The quantitative estimate of drug-likeness (QED) is 0.401. The molecule has 0 aromatic heterocycles. The van der Waals surface area contributed by atoms with Crippen molar-refractivity contribution in [2.24, 2.45) is 64.6 Å². The Balaban J connectivity index is 0.00000112. The van der Waals surface area contributed by atoms with Gasteiger partial charge in [-0.1, -0.05) is 27.7 Å². The second-order valence-corrected chi connectivity index (χ2v) is 11.7. The lowest BCUT2D eigenvalue weighted by atomic mass is 9.47. The number of halogens is 3. The first kappa shape index (κ1) is 23.9. The Morgan fingerprint density at radius 1 is 0.935 bits per heavy atom. The second kappa shape index (κ2) is 8.84. The minimum Gasteiger partial charge on any atom is -0.385 e. The maximum absolute atomic E-state index is 13.3. The smallest absolute Gasteiger partial charge is 0.385 e. The van der Waals surface area contributed by atoms with E-state index in [-0.39, 0.29) is 0 Å². The van der Waals surface area contributed by atoms with Crippen LogP contribution < -0.4 is 0 Å². The van der Waals surface area contributed by atoms with E-state index in [1.807, 2.05) is 13.8 Å². The topological polar surface area (TPSA) is 9.23 Å². The van der Waals surface area contributed by atoms with Crippen molar-refractivity contribution in [2.75, 3.05) is 13.7 Å². The molecule has 0 amide bonds. The Bertz CT molecular complexity index is 618. The summed E-state index contributed by atoms with van der Waals surface area (Å²) in [4.78, 5) is 0. The molecule has 6 unspecified atom stereocenters. The van der Waals surface area contributed by atoms with Gasteiger partial charge in [-0.2, -0.15) is 13.2 Å². The zero-order valence-electron chi connectivity index (χ0n) is 20.4. The van der Waals surface area contributed by atoms with Gasteiger partial charge in [0.15, 0.2) is 0 Å². The van der Waals surface area contributed by atoms with Crippen molar-refractivity contribution >= 4 is 0 Å². The Morgan fingerprint density at radius 3 is 2.32 bits per heavy atom. The fourth-order valence-corrected chi connectivity index (χ4v) is 9.72. The van der Waals surface area contributed by atoms with Gasteiger partial charge in [0.05, 0.1) is 5.92 Å². The van der Waals surface area contributed by atoms with E-state index in [0.29, 0.717) is 36.0 Å². The van der Waals surface area contributed by atoms with Gasteiger partial charge in [-0.25, -0.2) is 0 Å². The highest BCUT2D eigenvalue weighted by Crippen LogP contribution is 2.77. The van der Waals surface area contributed by atoms with Crippen LogP contribution in [0.4, 0.5) is 13.2 Å². The van der Waals surface area contributed by atoms with E-state index in [0.717, 1.165) is 55.0 Å². The van der Waals surface area contributed by atoms with Crippen molar-refractivity contribution in [3.63, 3.8) is 0 Å². The summed E-state index contributed by atoms with van der Waals surface area (Å²) in [5.74, 6) is 5.79. The van der Waals surface area contributed by atoms with Crippen LogP contribution in [0.15, 0.2) is 0 Å². The van der Waals surface area contributed by atoms with Crippen LogP contribution in [-0.2, 0) is 4.74 Å². The molecule has 0 saturated heterocycles. The van der Waals surface area contributed by atoms with E-state index in [1.54, 1.807) is 7.11 Å². The fraction of sp³-hybridized carbons (Fsp3) is 1.00. The third kappa shape index (κ3) is 3.89. The summed E-state index contributed by atoms with van der Waals surface area (Å²) < 4.78 is 45.3. The third-order valence-corrected chi connectivity index (χ3v) is 10.8. The molecule has 5 fully saturated rings. The molecule has 31 heavy (non-hydrogen) atoms. The average Bonchev–Trinajstić information content (AvgIpc) is 3.30. The van der Waals surface area contributed by atoms with E-state index in [9.17, 15) is 13.2 Å². The molecule has 0 N–H and O–H groups in total. The van der Waals surface area contributed by atoms with E-state index in [4.69, 9.17) is 4.74 Å². The molecule has 4 heteroatoms. The van der Waals surface area contributed by atoms with E-state index in [2.05, 4.69) is 13.8 Å². The van der Waals surface area contributed by atoms with Crippen LogP contribution in [0.3, 0.4) is 0 Å². The van der Waals surface area contributed by atoms with Gasteiger partial charge in [0.25, 0.3) is 0 Å². The van der Waals surface area contributed by atoms with Gasteiger partial charge in [0, 0.05) is 13.7 Å². The van der Waals surface area contributed by atoms with Crippen LogP contribution in [0.2, 0.25) is 0 Å². The largest absolute Gasteiger partial charge is 0.391 e. The number of hydrogen-bond donors (Lipinski definition) is 0. The summed E-state index contributed by atoms with van der Waals surface area (Å²) in [5, 5.41) is 0. The predicted molar refractivity (Wildman–Crippen MR) is 120 cm³/mol. The average molecular weight is 443 g/mol. The molecular formula is C27H45F3O. The van der Waals surface area contributed by atoms with Gasteiger partial charge in [-0.05, 0) is 116 Å². The van der Waals surface area contributed by atoms with Crippen LogP contribution in [0, 0.1) is 64.6 Å². The number of methoxy groups -OCH3 is 1. The lowest BCUT2D eigenvalue weighted by molar-refractivity contribution is -0.196. The van der Waals surface area contributed by atoms with Crippen molar-refractivity contribution in [2.45, 2.75) is 91.7 Å². The van der Waals surface area contributed by atoms with Gasteiger partial charge in [0.2, 0.25) is 0 Å². The van der Waals surface area contributed by atoms with E-state index < -0.39 is 12.1 Å². The van der Waals surface area contributed by atoms with Crippen molar-refractivity contribution in [1.82, 2.24) is 0 Å². The Labute approximate surface area is 188 Å². The lowest BCUT2D eigenvalue weighted by Crippen LogP contribution is -2.51. The van der Waals surface area contributed by atoms with Crippen LogP contribution in [-0.4, -0.2) is 19.9 Å². The summed E-state index contributed by atoms with van der Waals surface area (Å²) in [7, 11) is 1.80. The first-order chi connectivity index (χ1) is 14.8. The summed E-state index contributed by atoms with van der Waals surface area (Å²) in [6.07, 6.45) is 5.01. The molecule has 180 valence electrons. The normalized spacial score (nSPS) is 50.3. The summed E-state index contributed by atoms with van der Waals surface area (Å²) in [6, 6.07) is 0. The van der Waals surface area contributed by atoms with Crippen LogP contribution in [0.25, 0.3) is 0 Å². The Kier molecular flexibility index (Phi) is 6.81. The van der Waals surface area contributed by atoms with Crippen LogP contribution in [0.1, 0.15) is 85.5 Å². The number of rotatable bonds is 4. The van der Waals surface area contributed by atoms with Crippen LogP contribution >= 0.6 is 0 Å². The second-order valence-electron chi connectivity index (χ2n) is 11.7. The highest BCUT2D eigenvalue weighted by atomic mass is 19.4. The van der Waals surface area contributed by atoms with Gasteiger partial charge >= 0.3 is 6.18 Å². The minimum atomic E-state index is -3.98. The van der Waals surface area contributed by atoms with Crippen molar-refractivity contribution < 1.29 is 17.9 Å². The maximum Gasteiger partial charge on any atom is 0.391 e. The monoisotopic (exact) mass is 442 g/mol. The predicted octanol–water partition coefficient (Wildman–Crippen LogP) is 7.99. The van der Waals surface area contributed by atoms with Crippen molar-refractivity contribution in [3.8, 4) is 0 Å². The van der Waals surface area contributed by atoms with Gasteiger partial charge in [-0.3, -0.25) is 0 Å². The zero-order valence-corrected chi connectivity index (χ0v) is 20.4. The molecule has 1 nitrogen and oxygen atoms in total. The molecule has 0 bridgehead atoms. The highest BCUT2D eigenvalue weighted by molar-refractivity contribution is 5.19. The number of alkyl halides is 3. The fourth-order valence-electron chi connectivity index (χ4n) is 9.72. The zero-order chi connectivity index (χ0) is 22.6. The number of fused-ring (bicyclic) bond motifs is 7. The van der Waals surface area contributed by atoms with Crippen LogP contribution in [0.5, 0.6) is 0 Å². The molecule has 0 spiro atoms. The molecule has 5 aliphatic carbocycles. The SMILES string of the molecule is CC.COCCCC1C2C(C3[C@@H]4CC[C@@H]5CC(C(F)(F)F)CC[C@@H]5C4CC[C@]13C)[C@@H]2C. The highest BCUT2D eigenvalue weighted by Gasteiger charge is 2.72. The molecule has 0 aliphatic heterocycles. The molecule has 5 rings (SSSR count). The molecule has 0 aromatic carbocycles. The molecule has 0 radical (unpaired) electrons. The maximum atomic E-state index is 13.3. The first-order valence-electron chi connectivity index (χ1n) is 13.3. The first-order valence-corrected chi connectivity index (χ1v) is 13.3. The summed E-state index contributed by atoms with van der Waals surface area (Å²) in [6.45, 7) is 9.94. The van der Waals surface area contributed by atoms with E-state index >= 15 is 0 Å². The van der Waals surface area contributed by atoms with Gasteiger partial charge in [-0.15, -0.1) is 0 Å². The number of ether oxygens (including phenoxy) is 1. The summed E-state index contributed by atoms with van der Waals surface area (Å²) in [5.41, 5.74) is 0.479. The molecule has 0 aromatic rings. The molecular weight excluding hydrogens is 397 g/mol. The van der Waals surface area contributed by atoms with Gasteiger partial charge in [0.1, 0.15) is 0 Å². The van der Waals surface area contributed by atoms with Crippen molar-refractivity contribution in [1.29, 1.82) is 0 Å². The molecule has 0 heterocycles. The minimum absolute atomic E-state index is 0.340. The standard InChI is InChI=1S/C25H39F3O.C2H6/c1-14-21-20(5-4-12-29-3)24(2)11-10-18-17-9-7-16(25(26,27)28)13-15(17)6-8-19(18)23(24)22(14)21;1-2/h14-23H,4-13H2,1-3H3;1-2H3/t14-,15-,16?,17+,18?,19-,20?,21?,22?,23?,24-;/m1./s1. The third-order valence-electron chi connectivity index (χ3n) is 10.8. The number of hydrogen-bond acceptors (Lipinski definition) is 1. The molecule has 5 aliphatic rings. The van der Waals surface area contributed by atoms with Gasteiger partial charge < -0.3 is 4.74 Å².